The first-order chi connectivity index (χ1) is 21.2. The van der Waals surface area contributed by atoms with Gasteiger partial charge >= 0.3 is 17.9 Å². The summed E-state index contributed by atoms with van der Waals surface area (Å²) in [5.74, 6) is -2.36. The summed E-state index contributed by atoms with van der Waals surface area (Å²) in [6.45, 7) is 0.894. The molecule has 0 amide bonds. The van der Waals surface area contributed by atoms with Gasteiger partial charge in [-0.05, 0) is 43.3 Å². The average Bonchev–Trinajstić information content (AvgIpc) is 3.31. The van der Waals surface area contributed by atoms with E-state index in [-0.39, 0.29) is 16.7 Å². The molecule has 1 aliphatic heterocycles. The minimum atomic E-state index is -1.96. The van der Waals surface area contributed by atoms with E-state index in [0.717, 1.165) is 22.9 Å². The number of benzene rings is 3. The normalized spacial score (nSPS) is 20.8. The number of carbonyl (C=O) groups excluding carboxylic acids is 3. The Labute approximate surface area is 250 Å². The molecule has 0 saturated carbocycles. The Kier molecular flexibility index (Phi) is 8.63. The van der Waals surface area contributed by atoms with E-state index in [1.807, 2.05) is 0 Å². The Hall–Kier alpha value is -5.62. The number of nitrogens with zero attached hydrogens (tertiary/aromatic N) is 2. The van der Waals surface area contributed by atoms with Crippen LogP contribution in [0.15, 0.2) is 114 Å². The lowest BCUT2D eigenvalue weighted by atomic mass is 9.95. The summed E-state index contributed by atoms with van der Waals surface area (Å²) in [5, 5.41) is 11.6. The lowest BCUT2D eigenvalue weighted by Gasteiger charge is -2.34. The number of rotatable bonds is 9. The maximum Gasteiger partial charge on any atom is 0.338 e. The molecule has 12 nitrogen and oxygen atoms in total. The van der Waals surface area contributed by atoms with Crippen LogP contribution in [0.2, 0.25) is 0 Å². The zero-order valence-corrected chi connectivity index (χ0v) is 23.3. The summed E-state index contributed by atoms with van der Waals surface area (Å²) >= 11 is 0. The van der Waals surface area contributed by atoms with E-state index in [1.54, 1.807) is 66.7 Å². The van der Waals surface area contributed by atoms with Crippen molar-refractivity contribution >= 4 is 23.6 Å². The van der Waals surface area contributed by atoms with Crippen LogP contribution in [-0.2, 0) is 18.9 Å². The van der Waals surface area contributed by atoms with Crippen molar-refractivity contribution in [2.45, 2.75) is 31.0 Å². The first-order valence-electron chi connectivity index (χ1n) is 13.5. The monoisotopic (exact) mass is 598 g/mol. The topological polar surface area (TPSA) is 153 Å². The molecule has 1 aromatic heterocycles. The van der Waals surface area contributed by atoms with Crippen LogP contribution in [0.3, 0.4) is 0 Å². The molecule has 44 heavy (non-hydrogen) atoms. The Bertz CT molecular complexity index is 1730. The molecule has 0 radical (unpaired) electrons. The molecule has 4 aromatic rings. The average molecular weight is 599 g/mol. The van der Waals surface area contributed by atoms with Gasteiger partial charge in [0.25, 0.3) is 11.2 Å². The van der Waals surface area contributed by atoms with E-state index in [2.05, 4.69) is 0 Å². The summed E-state index contributed by atoms with van der Waals surface area (Å²) < 4.78 is 24.4. The van der Waals surface area contributed by atoms with E-state index in [0.29, 0.717) is 0 Å². The molecule has 1 fully saturated rings. The number of hydrogen-bond donors (Lipinski definition) is 0. The summed E-state index contributed by atoms with van der Waals surface area (Å²) in [6, 6.07) is 26.0. The van der Waals surface area contributed by atoms with Crippen molar-refractivity contribution in [1.82, 2.24) is 4.57 Å². The van der Waals surface area contributed by atoms with Crippen molar-refractivity contribution < 1.29 is 38.3 Å². The number of hydrogen-bond acceptors (Lipinski definition) is 10. The Morgan fingerprint density at radius 2 is 1.34 bits per heavy atom. The summed E-state index contributed by atoms with van der Waals surface area (Å²) in [4.78, 5) is 63.5. The van der Waals surface area contributed by atoms with Gasteiger partial charge in [0, 0.05) is 12.1 Å². The predicted molar refractivity (Wildman–Crippen MR) is 154 cm³/mol. The molecule has 1 saturated heterocycles. The second kappa shape index (κ2) is 12.7. The molecule has 12 heteroatoms. The largest absolute Gasteiger partial charge is 0.459 e. The van der Waals surface area contributed by atoms with Crippen LogP contribution >= 0.6 is 0 Å². The van der Waals surface area contributed by atoms with Gasteiger partial charge in [-0.2, -0.15) is 0 Å². The fourth-order valence-corrected chi connectivity index (χ4v) is 4.84. The molecule has 2 heterocycles. The number of nitro groups is 1. The van der Waals surface area contributed by atoms with Gasteiger partial charge in [0.2, 0.25) is 0 Å². The molecule has 0 bridgehead atoms. The lowest BCUT2D eigenvalue weighted by molar-refractivity contribution is -0.385. The standard InChI is InChI=1S/C32H26N2O10/c1-32(44-30(38)23-15-9-4-10-16-23)27(43-29(37)22-13-7-3-8-14-22)25(20-41-28(36)21-11-5-2-6-12-21)42-31(32)33-19-24(34(39)40)17-18-26(33)35/h2-19,25,27,31H,20H2,1H3/t25-,27-,31-,32-/m1/s1. The molecule has 0 spiro atoms. The fourth-order valence-electron chi connectivity index (χ4n) is 4.84. The van der Waals surface area contributed by atoms with E-state index < -0.39 is 64.7 Å². The summed E-state index contributed by atoms with van der Waals surface area (Å²) in [7, 11) is 0. The Morgan fingerprint density at radius 3 is 1.89 bits per heavy atom. The maximum absolute atomic E-state index is 13.4. The zero-order valence-electron chi connectivity index (χ0n) is 23.3. The predicted octanol–water partition coefficient (Wildman–Crippen LogP) is 4.35. The minimum absolute atomic E-state index is 0.144. The molecule has 3 aromatic carbocycles. The smallest absolute Gasteiger partial charge is 0.338 e. The van der Waals surface area contributed by atoms with Crippen LogP contribution in [0.4, 0.5) is 5.69 Å². The highest BCUT2D eigenvalue weighted by atomic mass is 16.7. The van der Waals surface area contributed by atoms with E-state index in [1.165, 1.54) is 31.2 Å². The van der Waals surface area contributed by atoms with E-state index in [9.17, 15) is 29.3 Å². The van der Waals surface area contributed by atoms with Gasteiger partial charge in [-0.3, -0.25) is 19.5 Å². The molecule has 1 aliphatic rings. The van der Waals surface area contributed by atoms with Crippen LogP contribution in [0.25, 0.3) is 0 Å². The number of pyridine rings is 1. The summed E-state index contributed by atoms with van der Waals surface area (Å²) in [6.07, 6.45) is -3.34. The molecule has 0 N–H and O–H groups in total. The van der Waals surface area contributed by atoms with Crippen molar-refractivity contribution in [3.05, 3.63) is 146 Å². The van der Waals surface area contributed by atoms with E-state index in [4.69, 9.17) is 18.9 Å². The van der Waals surface area contributed by atoms with Gasteiger partial charge in [0.1, 0.15) is 12.7 Å². The van der Waals surface area contributed by atoms with Crippen molar-refractivity contribution in [1.29, 1.82) is 0 Å². The summed E-state index contributed by atoms with van der Waals surface area (Å²) in [5.41, 5.74) is -2.57. The van der Waals surface area contributed by atoms with Crippen molar-refractivity contribution in [3.8, 4) is 0 Å². The van der Waals surface area contributed by atoms with E-state index >= 15 is 0 Å². The highest BCUT2D eigenvalue weighted by Gasteiger charge is 2.60. The third-order valence-electron chi connectivity index (χ3n) is 7.04. The van der Waals surface area contributed by atoms with Crippen LogP contribution in [0, 0.1) is 10.1 Å². The van der Waals surface area contributed by atoms with Gasteiger partial charge in [0.05, 0.1) is 27.8 Å². The Morgan fingerprint density at radius 1 is 0.818 bits per heavy atom. The first kappa shape index (κ1) is 29.9. The molecular formula is C32H26N2O10. The Balaban J connectivity index is 1.57. The molecule has 224 valence electrons. The van der Waals surface area contributed by atoms with Gasteiger partial charge in [0.15, 0.2) is 17.9 Å². The number of ether oxygens (including phenoxy) is 4. The third-order valence-corrected chi connectivity index (χ3v) is 7.04. The van der Waals surface area contributed by atoms with Gasteiger partial charge in [-0.1, -0.05) is 54.6 Å². The highest BCUT2D eigenvalue weighted by molar-refractivity contribution is 5.91. The zero-order chi connectivity index (χ0) is 31.3. The van der Waals surface area contributed by atoms with Crippen LogP contribution in [-0.4, -0.2) is 51.8 Å². The third kappa shape index (κ3) is 6.25. The number of aromatic nitrogens is 1. The first-order valence-corrected chi connectivity index (χ1v) is 13.5. The second-order valence-corrected chi connectivity index (χ2v) is 10.0. The molecule has 0 aliphatic carbocycles. The quantitative estimate of drug-likeness (QED) is 0.118. The molecular weight excluding hydrogens is 572 g/mol. The van der Waals surface area contributed by atoms with Crippen molar-refractivity contribution in [3.63, 3.8) is 0 Å². The van der Waals surface area contributed by atoms with Gasteiger partial charge in [-0.15, -0.1) is 0 Å². The highest BCUT2D eigenvalue weighted by Crippen LogP contribution is 2.43. The SMILES string of the molecule is C[C@@]1(OC(=O)c2ccccc2)[C@H](OC(=O)c2ccccc2)[C@@H](COC(=O)c2ccccc2)O[C@H]1n1cc([N+](=O)[O-])ccc1=O. The number of carbonyl (C=O) groups is 3. The molecule has 0 unspecified atom stereocenters. The lowest BCUT2D eigenvalue weighted by Crippen LogP contribution is -2.51. The fraction of sp³-hybridized carbons (Fsp3) is 0.188. The van der Waals surface area contributed by atoms with Crippen LogP contribution in [0.5, 0.6) is 0 Å². The maximum atomic E-state index is 13.4. The van der Waals surface area contributed by atoms with Crippen LogP contribution < -0.4 is 5.56 Å². The van der Waals surface area contributed by atoms with Gasteiger partial charge < -0.3 is 18.9 Å². The molecule has 5 rings (SSSR count). The molecule has 4 atom stereocenters. The van der Waals surface area contributed by atoms with Crippen molar-refractivity contribution in [2.75, 3.05) is 6.61 Å². The van der Waals surface area contributed by atoms with Crippen LogP contribution in [0.1, 0.15) is 44.2 Å². The van der Waals surface area contributed by atoms with Gasteiger partial charge in [-0.25, -0.2) is 14.4 Å². The second-order valence-electron chi connectivity index (χ2n) is 10.0. The van der Waals surface area contributed by atoms with Crippen molar-refractivity contribution in [2.24, 2.45) is 0 Å². The minimum Gasteiger partial charge on any atom is -0.459 e. The number of esters is 3.